The van der Waals surface area contributed by atoms with E-state index < -0.39 is 0 Å². The molecule has 1 aromatic heterocycles. The Morgan fingerprint density at radius 1 is 1.29 bits per heavy atom. The van der Waals surface area contributed by atoms with E-state index in [1.807, 2.05) is 18.3 Å². The molecule has 1 amide bonds. The molecule has 14 heavy (non-hydrogen) atoms. The SMILES string of the molecule is O=C1NCCc2cc3cc[nH]c3cc21. The molecule has 1 aliphatic rings. The molecule has 0 aliphatic carbocycles. The van der Waals surface area contributed by atoms with Crippen molar-refractivity contribution in [1.82, 2.24) is 10.3 Å². The third-order valence-electron chi connectivity index (χ3n) is 2.70. The van der Waals surface area contributed by atoms with Gasteiger partial charge in [0.2, 0.25) is 0 Å². The van der Waals surface area contributed by atoms with E-state index in [0.717, 1.165) is 29.6 Å². The number of hydrogen-bond donors (Lipinski definition) is 2. The summed E-state index contributed by atoms with van der Waals surface area (Å²) in [5.41, 5.74) is 2.99. The van der Waals surface area contributed by atoms with Crippen LogP contribution in [-0.2, 0) is 6.42 Å². The lowest BCUT2D eigenvalue weighted by Gasteiger charge is -2.16. The predicted molar refractivity (Wildman–Crippen MR) is 54.3 cm³/mol. The van der Waals surface area contributed by atoms with E-state index in [-0.39, 0.29) is 5.91 Å². The molecule has 0 atom stereocenters. The Kier molecular flexibility index (Phi) is 1.42. The third-order valence-corrected chi connectivity index (χ3v) is 2.70. The molecule has 0 unspecified atom stereocenters. The second kappa shape index (κ2) is 2.61. The van der Waals surface area contributed by atoms with Crippen LogP contribution in [0.5, 0.6) is 0 Å². The second-order valence-corrected chi connectivity index (χ2v) is 3.58. The van der Waals surface area contributed by atoms with Gasteiger partial charge < -0.3 is 10.3 Å². The number of hydrogen-bond acceptors (Lipinski definition) is 1. The highest BCUT2D eigenvalue weighted by atomic mass is 16.1. The van der Waals surface area contributed by atoms with Gasteiger partial charge in [0.15, 0.2) is 0 Å². The van der Waals surface area contributed by atoms with E-state index in [0.29, 0.717) is 0 Å². The maximum atomic E-state index is 11.5. The van der Waals surface area contributed by atoms with E-state index in [2.05, 4.69) is 16.4 Å². The summed E-state index contributed by atoms with van der Waals surface area (Å²) in [6.45, 7) is 0.752. The van der Waals surface area contributed by atoms with Gasteiger partial charge in [-0.15, -0.1) is 0 Å². The van der Waals surface area contributed by atoms with Gasteiger partial charge in [0.25, 0.3) is 5.91 Å². The molecule has 3 nitrogen and oxygen atoms in total. The molecule has 0 bridgehead atoms. The number of H-pyrrole nitrogens is 1. The number of fused-ring (bicyclic) bond motifs is 2. The average molecular weight is 186 g/mol. The molecular formula is C11H10N2O. The summed E-state index contributed by atoms with van der Waals surface area (Å²) in [7, 11) is 0. The van der Waals surface area contributed by atoms with Gasteiger partial charge >= 0.3 is 0 Å². The highest BCUT2D eigenvalue weighted by Gasteiger charge is 2.16. The highest BCUT2D eigenvalue weighted by Crippen LogP contribution is 2.21. The minimum atomic E-state index is 0.0442. The fourth-order valence-corrected chi connectivity index (χ4v) is 1.97. The highest BCUT2D eigenvalue weighted by molar-refractivity contribution is 6.00. The molecule has 3 heteroatoms. The summed E-state index contributed by atoms with van der Waals surface area (Å²) in [4.78, 5) is 14.6. The normalized spacial score (nSPS) is 15.3. The lowest BCUT2D eigenvalue weighted by molar-refractivity contribution is 0.0946. The van der Waals surface area contributed by atoms with Crippen molar-refractivity contribution in [2.75, 3.05) is 6.54 Å². The number of benzene rings is 1. The standard InChI is InChI=1S/C11H10N2O/c14-11-9-6-10-8(2-3-12-10)5-7(9)1-4-13-11/h2-3,5-6,12H,1,4H2,(H,13,14). The molecule has 2 aromatic rings. The first-order valence-electron chi connectivity index (χ1n) is 4.73. The largest absolute Gasteiger partial charge is 0.361 e. The molecule has 0 spiro atoms. The van der Waals surface area contributed by atoms with Crippen molar-refractivity contribution in [3.8, 4) is 0 Å². The number of carbonyl (C=O) groups excluding carboxylic acids is 1. The van der Waals surface area contributed by atoms with Crippen LogP contribution in [-0.4, -0.2) is 17.4 Å². The van der Waals surface area contributed by atoms with Crippen molar-refractivity contribution in [2.45, 2.75) is 6.42 Å². The van der Waals surface area contributed by atoms with Gasteiger partial charge in [-0.2, -0.15) is 0 Å². The van der Waals surface area contributed by atoms with E-state index >= 15 is 0 Å². The molecule has 0 fully saturated rings. The lowest BCUT2D eigenvalue weighted by Crippen LogP contribution is -2.31. The summed E-state index contributed by atoms with van der Waals surface area (Å²) in [5.74, 6) is 0.0442. The van der Waals surface area contributed by atoms with Crippen molar-refractivity contribution < 1.29 is 4.79 Å². The fourth-order valence-electron chi connectivity index (χ4n) is 1.97. The van der Waals surface area contributed by atoms with Crippen LogP contribution in [0.1, 0.15) is 15.9 Å². The van der Waals surface area contributed by atoms with Crippen LogP contribution in [0.4, 0.5) is 0 Å². The van der Waals surface area contributed by atoms with Gasteiger partial charge in [-0.05, 0) is 35.6 Å². The number of carbonyl (C=O) groups is 1. The predicted octanol–water partition coefficient (Wildman–Crippen LogP) is 1.45. The molecule has 0 saturated heterocycles. The zero-order valence-electron chi connectivity index (χ0n) is 7.63. The van der Waals surface area contributed by atoms with Crippen LogP contribution in [0.3, 0.4) is 0 Å². The van der Waals surface area contributed by atoms with E-state index in [4.69, 9.17) is 0 Å². The van der Waals surface area contributed by atoms with Crippen LogP contribution >= 0.6 is 0 Å². The van der Waals surface area contributed by atoms with E-state index in [1.165, 1.54) is 5.39 Å². The van der Waals surface area contributed by atoms with Crippen molar-refractivity contribution >= 4 is 16.8 Å². The van der Waals surface area contributed by atoms with E-state index in [9.17, 15) is 4.79 Å². The minimum Gasteiger partial charge on any atom is -0.361 e. The smallest absolute Gasteiger partial charge is 0.251 e. The second-order valence-electron chi connectivity index (χ2n) is 3.58. The Labute approximate surface area is 81.1 Å². The number of aromatic amines is 1. The van der Waals surface area contributed by atoms with Crippen LogP contribution in [0.25, 0.3) is 10.9 Å². The van der Waals surface area contributed by atoms with Gasteiger partial charge in [0.05, 0.1) is 0 Å². The third kappa shape index (κ3) is 0.954. The van der Waals surface area contributed by atoms with Crippen LogP contribution in [0, 0.1) is 0 Å². The molecule has 1 aromatic carbocycles. The van der Waals surface area contributed by atoms with Gasteiger partial charge in [-0.3, -0.25) is 4.79 Å². The first-order chi connectivity index (χ1) is 6.84. The summed E-state index contributed by atoms with van der Waals surface area (Å²) < 4.78 is 0. The first-order valence-corrected chi connectivity index (χ1v) is 4.73. The number of nitrogens with one attached hydrogen (secondary N) is 2. The van der Waals surface area contributed by atoms with E-state index in [1.54, 1.807) is 0 Å². The molecule has 0 saturated carbocycles. The summed E-state index contributed by atoms with van der Waals surface area (Å²) in [6.07, 6.45) is 2.83. The van der Waals surface area contributed by atoms with Gasteiger partial charge in [-0.25, -0.2) is 0 Å². The van der Waals surface area contributed by atoms with Gasteiger partial charge in [-0.1, -0.05) is 0 Å². The average Bonchev–Trinajstić information content (AvgIpc) is 2.62. The number of amides is 1. The maximum Gasteiger partial charge on any atom is 0.251 e. The summed E-state index contributed by atoms with van der Waals surface area (Å²) in [6, 6.07) is 6.06. The van der Waals surface area contributed by atoms with Gasteiger partial charge in [0.1, 0.15) is 0 Å². The monoisotopic (exact) mass is 186 g/mol. The first kappa shape index (κ1) is 7.62. The van der Waals surface area contributed by atoms with Crippen molar-refractivity contribution in [2.24, 2.45) is 0 Å². The Balaban J connectivity index is 2.32. The molecule has 2 N–H and O–H groups in total. The summed E-state index contributed by atoms with van der Waals surface area (Å²) in [5, 5.41) is 4.02. The van der Waals surface area contributed by atoms with Crippen molar-refractivity contribution in [1.29, 1.82) is 0 Å². The Morgan fingerprint density at radius 2 is 2.21 bits per heavy atom. The Hall–Kier alpha value is -1.77. The Bertz CT molecular complexity index is 513. The molecule has 2 heterocycles. The van der Waals surface area contributed by atoms with Crippen molar-refractivity contribution in [3.63, 3.8) is 0 Å². The van der Waals surface area contributed by atoms with Crippen LogP contribution < -0.4 is 5.32 Å². The number of aromatic nitrogens is 1. The van der Waals surface area contributed by atoms with Gasteiger partial charge in [0, 0.05) is 23.8 Å². The maximum absolute atomic E-state index is 11.5. The van der Waals surface area contributed by atoms with Crippen molar-refractivity contribution in [3.05, 3.63) is 35.5 Å². The molecule has 0 radical (unpaired) electrons. The lowest BCUT2D eigenvalue weighted by atomic mass is 9.99. The molecular weight excluding hydrogens is 176 g/mol. The summed E-state index contributed by atoms with van der Waals surface area (Å²) >= 11 is 0. The quantitative estimate of drug-likeness (QED) is 0.642. The zero-order chi connectivity index (χ0) is 9.54. The van der Waals surface area contributed by atoms with Crippen LogP contribution in [0.15, 0.2) is 24.4 Å². The Morgan fingerprint density at radius 3 is 3.14 bits per heavy atom. The minimum absolute atomic E-state index is 0.0442. The molecule has 70 valence electrons. The molecule has 1 aliphatic heterocycles. The zero-order valence-corrected chi connectivity index (χ0v) is 7.63. The topological polar surface area (TPSA) is 44.9 Å². The van der Waals surface area contributed by atoms with Crippen LogP contribution in [0.2, 0.25) is 0 Å². The molecule has 3 rings (SSSR count). The fraction of sp³-hybridized carbons (Fsp3) is 0.182. The number of rotatable bonds is 0.